The van der Waals surface area contributed by atoms with Crippen LogP contribution in [0.15, 0.2) is 30.3 Å². The van der Waals surface area contributed by atoms with Crippen LogP contribution >= 0.6 is 0 Å². The highest BCUT2D eigenvalue weighted by molar-refractivity contribution is 5.68. The van der Waals surface area contributed by atoms with E-state index in [2.05, 4.69) is 5.32 Å². The number of hydrogen-bond donors (Lipinski definition) is 2. The molecule has 0 spiro atoms. The Morgan fingerprint density at radius 3 is 2.33 bits per heavy atom. The summed E-state index contributed by atoms with van der Waals surface area (Å²) in [7, 11) is 0. The average Bonchev–Trinajstić information content (AvgIpc) is 2.26. The van der Waals surface area contributed by atoms with Crippen molar-refractivity contribution in [2.75, 3.05) is 0 Å². The molecule has 0 aliphatic rings. The summed E-state index contributed by atoms with van der Waals surface area (Å²) >= 11 is 0. The van der Waals surface area contributed by atoms with Crippen molar-refractivity contribution in [2.24, 2.45) is 0 Å². The predicted octanol–water partition coefficient (Wildman–Crippen LogP) is 2.63. The molecule has 4 nitrogen and oxygen atoms in total. The standard InChI is InChI=1S/C14H21NO3/c1-10(15-13(17)18-14(2,3)4)12(16)11-8-6-5-7-9-11/h5-10,12,16H,1-4H3,(H,15,17)/t10-,12+/m0/s1. The molecule has 0 aliphatic heterocycles. The molecule has 0 aliphatic carbocycles. The quantitative estimate of drug-likeness (QED) is 0.868. The van der Waals surface area contributed by atoms with Crippen LogP contribution in [-0.4, -0.2) is 22.8 Å². The summed E-state index contributed by atoms with van der Waals surface area (Å²) in [6, 6.07) is 8.79. The van der Waals surface area contributed by atoms with Crippen LogP contribution in [0.1, 0.15) is 39.4 Å². The number of nitrogens with one attached hydrogen (secondary N) is 1. The topological polar surface area (TPSA) is 58.6 Å². The fourth-order valence-corrected chi connectivity index (χ4v) is 1.51. The van der Waals surface area contributed by atoms with Gasteiger partial charge in [0.25, 0.3) is 0 Å². The van der Waals surface area contributed by atoms with Crippen LogP contribution in [0.3, 0.4) is 0 Å². The summed E-state index contributed by atoms with van der Waals surface area (Å²) in [5.74, 6) is 0. The molecule has 0 saturated heterocycles. The highest BCUT2D eigenvalue weighted by atomic mass is 16.6. The SMILES string of the molecule is C[C@H](NC(=O)OC(C)(C)C)[C@@H](O)c1ccccc1. The minimum absolute atomic E-state index is 0.415. The van der Waals surface area contributed by atoms with Gasteiger partial charge in [0.1, 0.15) is 5.60 Å². The Morgan fingerprint density at radius 2 is 1.83 bits per heavy atom. The van der Waals surface area contributed by atoms with Crippen LogP contribution in [0.2, 0.25) is 0 Å². The van der Waals surface area contributed by atoms with Crippen molar-refractivity contribution in [2.45, 2.75) is 45.4 Å². The third-order valence-electron chi connectivity index (χ3n) is 2.36. The lowest BCUT2D eigenvalue weighted by Gasteiger charge is -2.24. The number of ether oxygens (including phenoxy) is 1. The molecule has 0 unspecified atom stereocenters. The van der Waals surface area contributed by atoms with Gasteiger partial charge >= 0.3 is 6.09 Å². The van der Waals surface area contributed by atoms with E-state index in [1.54, 1.807) is 27.7 Å². The molecule has 0 fully saturated rings. The van der Waals surface area contributed by atoms with Crippen LogP contribution in [0.25, 0.3) is 0 Å². The number of aliphatic hydroxyl groups is 1. The maximum atomic E-state index is 11.6. The number of aliphatic hydroxyl groups excluding tert-OH is 1. The van der Waals surface area contributed by atoms with E-state index in [4.69, 9.17) is 4.74 Å². The zero-order valence-corrected chi connectivity index (χ0v) is 11.3. The van der Waals surface area contributed by atoms with Gasteiger partial charge in [-0.25, -0.2) is 4.79 Å². The number of carbonyl (C=O) groups excluding carboxylic acids is 1. The highest BCUT2D eigenvalue weighted by Crippen LogP contribution is 2.16. The van der Waals surface area contributed by atoms with Gasteiger partial charge in [-0.05, 0) is 33.3 Å². The van der Waals surface area contributed by atoms with Crippen molar-refractivity contribution in [3.63, 3.8) is 0 Å². The number of rotatable bonds is 3. The summed E-state index contributed by atoms with van der Waals surface area (Å²) in [6.45, 7) is 7.13. The fraction of sp³-hybridized carbons (Fsp3) is 0.500. The molecule has 2 N–H and O–H groups in total. The minimum Gasteiger partial charge on any atom is -0.444 e. The lowest BCUT2D eigenvalue weighted by molar-refractivity contribution is 0.0436. The van der Waals surface area contributed by atoms with Gasteiger partial charge in [-0.15, -0.1) is 0 Å². The van der Waals surface area contributed by atoms with Crippen molar-refractivity contribution in [3.8, 4) is 0 Å². The van der Waals surface area contributed by atoms with Gasteiger partial charge in [0, 0.05) is 0 Å². The average molecular weight is 251 g/mol. The molecule has 1 rings (SSSR count). The summed E-state index contributed by atoms with van der Waals surface area (Å²) in [5.41, 5.74) is 0.225. The number of benzene rings is 1. The molecular formula is C14H21NO3. The van der Waals surface area contributed by atoms with E-state index in [0.717, 1.165) is 5.56 Å². The van der Waals surface area contributed by atoms with Crippen LogP contribution < -0.4 is 5.32 Å². The lowest BCUT2D eigenvalue weighted by atomic mass is 10.0. The Kier molecular flexibility index (Phi) is 4.73. The molecule has 1 aromatic rings. The van der Waals surface area contributed by atoms with E-state index in [0.29, 0.717) is 0 Å². The molecule has 1 aromatic carbocycles. The Bertz CT molecular complexity index is 384. The smallest absolute Gasteiger partial charge is 0.407 e. The van der Waals surface area contributed by atoms with E-state index >= 15 is 0 Å². The third kappa shape index (κ3) is 4.75. The van der Waals surface area contributed by atoms with Crippen LogP contribution in [0, 0.1) is 0 Å². The molecule has 0 radical (unpaired) electrons. The summed E-state index contributed by atoms with van der Waals surface area (Å²) < 4.78 is 5.13. The summed E-state index contributed by atoms with van der Waals surface area (Å²) in [4.78, 5) is 11.6. The maximum Gasteiger partial charge on any atom is 0.407 e. The van der Waals surface area contributed by atoms with E-state index in [-0.39, 0.29) is 0 Å². The van der Waals surface area contributed by atoms with Gasteiger partial charge in [0.2, 0.25) is 0 Å². The molecular weight excluding hydrogens is 230 g/mol. The van der Waals surface area contributed by atoms with E-state index in [1.165, 1.54) is 0 Å². The zero-order valence-electron chi connectivity index (χ0n) is 11.3. The van der Waals surface area contributed by atoms with Gasteiger partial charge in [-0.3, -0.25) is 0 Å². The van der Waals surface area contributed by atoms with Gasteiger partial charge in [-0.2, -0.15) is 0 Å². The molecule has 0 heterocycles. The van der Waals surface area contributed by atoms with Crippen molar-refractivity contribution < 1.29 is 14.6 Å². The molecule has 0 saturated carbocycles. The second kappa shape index (κ2) is 5.87. The third-order valence-corrected chi connectivity index (χ3v) is 2.36. The Balaban J connectivity index is 2.55. The van der Waals surface area contributed by atoms with Crippen LogP contribution in [-0.2, 0) is 4.74 Å². The van der Waals surface area contributed by atoms with Gasteiger partial charge < -0.3 is 15.2 Å². The second-order valence-electron chi connectivity index (χ2n) is 5.29. The van der Waals surface area contributed by atoms with Crippen LogP contribution in [0.5, 0.6) is 0 Å². The molecule has 0 aromatic heterocycles. The van der Waals surface area contributed by atoms with Crippen molar-refractivity contribution in [3.05, 3.63) is 35.9 Å². The number of amides is 1. The Labute approximate surface area is 108 Å². The van der Waals surface area contributed by atoms with Crippen LogP contribution in [0.4, 0.5) is 4.79 Å². The molecule has 4 heteroatoms. The monoisotopic (exact) mass is 251 g/mol. The first-order chi connectivity index (χ1) is 8.29. The van der Waals surface area contributed by atoms with E-state index in [9.17, 15) is 9.90 Å². The van der Waals surface area contributed by atoms with E-state index in [1.807, 2.05) is 30.3 Å². The minimum atomic E-state index is -0.751. The van der Waals surface area contributed by atoms with Crippen molar-refractivity contribution >= 4 is 6.09 Å². The Hall–Kier alpha value is -1.55. The van der Waals surface area contributed by atoms with E-state index < -0.39 is 23.8 Å². The van der Waals surface area contributed by atoms with Gasteiger partial charge in [-0.1, -0.05) is 30.3 Å². The number of hydrogen-bond acceptors (Lipinski definition) is 3. The lowest BCUT2D eigenvalue weighted by Crippen LogP contribution is -2.40. The number of alkyl carbamates (subject to hydrolysis) is 1. The summed E-state index contributed by atoms with van der Waals surface area (Å²) in [5, 5.41) is 12.7. The Morgan fingerprint density at radius 1 is 1.28 bits per heavy atom. The first kappa shape index (κ1) is 14.5. The predicted molar refractivity (Wildman–Crippen MR) is 70.2 cm³/mol. The van der Waals surface area contributed by atoms with Gasteiger partial charge in [0.15, 0.2) is 0 Å². The first-order valence-corrected chi connectivity index (χ1v) is 6.02. The molecule has 1 amide bonds. The zero-order chi connectivity index (χ0) is 13.8. The number of carbonyl (C=O) groups is 1. The van der Waals surface area contributed by atoms with Gasteiger partial charge in [0.05, 0.1) is 12.1 Å². The van der Waals surface area contributed by atoms with Crippen molar-refractivity contribution in [1.82, 2.24) is 5.32 Å². The van der Waals surface area contributed by atoms with Crippen molar-refractivity contribution in [1.29, 1.82) is 0 Å². The highest BCUT2D eigenvalue weighted by Gasteiger charge is 2.22. The molecule has 18 heavy (non-hydrogen) atoms. The first-order valence-electron chi connectivity index (χ1n) is 6.02. The second-order valence-corrected chi connectivity index (χ2v) is 5.29. The maximum absolute atomic E-state index is 11.6. The fourth-order valence-electron chi connectivity index (χ4n) is 1.51. The largest absolute Gasteiger partial charge is 0.444 e. The molecule has 100 valence electrons. The normalized spacial score (nSPS) is 14.7. The molecule has 0 bridgehead atoms. The summed E-state index contributed by atoms with van der Waals surface area (Å²) in [6.07, 6.45) is -1.27. The molecule has 2 atom stereocenters.